The molecule has 16 heavy (non-hydrogen) atoms. The quantitative estimate of drug-likeness (QED) is 0.569. The summed E-state index contributed by atoms with van der Waals surface area (Å²) in [6, 6.07) is 5.58. The van der Waals surface area contributed by atoms with Crippen molar-refractivity contribution in [2.75, 3.05) is 11.5 Å². The molecule has 0 N–H and O–H groups in total. The van der Waals surface area contributed by atoms with Crippen LogP contribution in [0.5, 0.6) is 0 Å². The van der Waals surface area contributed by atoms with Crippen LogP contribution >= 0.6 is 47.6 Å². The lowest BCUT2D eigenvalue weighted by Gasteiger charge is -2.18. The minimum absolute atomic E-state index is 0.600. The van der Waals surface area contributed by atoms with E-state index in [0.29, 0.717) is 11.8 Å². The van der Waals surface area contributed by atoms with Gasteiger partial charge in [0.1, 0.15) is 0 Å². The van der Waals surface area contributed by atoms with E-state index in [0.717, 1.165) is 26.4 Å². The predicted octanol–water partition coefficient (Wildman–Crippen LogP) is 5.29. The van der Waals surface area contributed by atoms with Crippen LogP contribution in [0.4, 0.5) is 0 Å². The van der Waals surface area contributed by atoms with Crippen LogP contribution in [0.2, 0.25) is 10.0 Å². The van der Waals surface area contributed by atoms with Crippen LogP contribution in [-0.4, -0.2) is 11.5 Å². The van der Waals surface area contributed by atoms with Gasteiger partial charge in [-0.1, -0.05) is 37.0 Å². The molecular formula is C12H16Cl2S2. The number of benzene rings is 1. The van der Waals surface area contributed by atoms with Gasteiger partial charge >= 0.3 is 0 Å². The summed E-state index contributed by atoms with van der Waals surface area (Å²) in [6.07, 6.45) is 0. The van der Waals surface area contributed by atoms with Crippen molar-refractivity contribution in [1.82, 2.24) is 0 Å². The zero-order valence-electron chi connectivity index (χ0n) is 9.41. The van der Waals surface area contributed by atoms with Crippen LogP contribution in [0.15, 0.2) is 23.1 Å². The third-order valence-corrected chi connectivity index (χ3v) is 4.91. The van der Waals surface area contributed by atoms with Crippen LogP contribution in [0.1, 0.15) is 13.8 Å². The summed E-state index contributed by atoms with van der Waals surface area (Å²) in [5, 5.41) is 1.51. The molecule has 0 nitrogen and oxygen atoms in total. The Labute approximate surface area is 118 Å². The third-order valence-electron chi connectivity index (χ3n) is 2.52. The minimum Gasteiger partial charge on any atom is -0.179 e. The molecule has 0 aliphatic rings. The highest BCUT2D eigenvalue weighted by Gasteiger charge is 2.13. The highest BCUT2D eigenvalue weighted by molar-refractivity contribution is 7.99. The van der Waals surface area contributed by atoms with Crippen LogP contribution in [0.25, 0.3) is 0 Å². The largest absolute Gasteiger partial charge is 0.179 e. The third kappa shape index (κ3) is 4.40. The molecule has 0 radical (unpaired) electrons. The molecule has 90 valence electrons. The van der Waals surface area contributed by atoms with Gasteiger partial charge < -0.3 is 0 Å². The predicted molar refractivity (Wildman–Crippen MR) is 79.4 cm³/mol. The molecule has 1 aromatic rings. The highest BCUT2D eigenvalue weighted by atomic mass is 35.5. The zero-order valence-corrected chi connectivity index (χ0v) is 12.6. The van der Waals surface area contributed by atoms with Gasteiger partial charge in [-0.3, -0.25) is 0 Å². The second kappa shape index (κ2) is 7.05. The minimum atomic E-state index is 0.600. The van der Waals surface area contributed by atoms with Gasteiger partial charge in [0.2, 0.25) is 0 Å². The zero-order chi connectivity index (χ0) is 12.1. The van der Waals surface area contributed by atoms with Gasteiger partial charge in [-0.15, -0.1) is 11.8 Å². The van der Waals surface area contributed by atoms with E-state index >= 15 is 0 Å². The summed E-state index contributed by atoms with van der Waals surface area (Å²) in [6.45, 7) is 4.45. The van der Waals surface area contributed by atoms with E-state index in [1.165, 1.54) is 0 Å². The molecule has 0 heterocycles. The Morgan fingerprint density at radius 1 is 1.31 bits per heavy atom. The average Bonchev–Trinajstić information content (AvgIpc) is 2.23. The van der Waals surface area contributed by atoms with Crippen molar-refractivity contribution in [3.63, 3.8) is 0 Å². The Kier molecular flexibility index (Phi) is 6.42. The monoisotopic (exact) mass is 294 g/mol. The van der Waals surface area contributed by atoms with Crippen molar-refractivity contribution in [2.45, 2.75) is 18.7 Å². The fraction of sp³-hybridized carbons (Fsp3) is 0.500. The summed E-state index contributed by atoms with van der Waals surface area (Å²) >= 11 is 18.2. The van der Waals surface area contributed by atoms with E-state index in [1.807, 2.05) is 18.2 Å². The van der Waals surface area contributed by atoms with Gasteiger partial charge in [0.25, 0.3) is 0 Å². The van der Waals surface area contributed by atoms with Crippen molar-refractivity contribution < 1.29 is 0 Å². The number of hydrogen-bond acceptors (Lipinski definition) is 2. The van der Waals surface area contributed by atoms with Crippen molar-refractivity contribution in [3.8, 4) is 0 Å². The average molecular weight is 295 g/mol. The SMILES string of the molecule is CC(C)C(CS)CSc1cc(Cl)ccc1Cl. The summed E-state index contributed by atoms with van der Waals surface area (Å²) in [4.78, 5) is 1.06. The summed E-state index contributed by atoms with van der Waals surface area (Å²) < 4.78 is 0. The molecule has 0 aromatic heterocycles. The van der Waals surface area contributed by atoms with E-state index in [4.69, 9.17) is 23.2 Å². The fourth-order valence-corrected chi connectivity index (χ4v) is 3.80. The lowest BCUT2D eigenvalue weighted by atomic mass is 10.0. The van der Waals surface area contributed by atoms with Crippen LogP contribution in [0, 0.1) is 11.8 Å². The Morgan fingerprint density at radius 2 is 2.00 bits per heavy atom. The Balaban J connectivity index is 2.63. The molecule has 0 aliphatic heterocycles. The second-order valence-corrected chi connectivity index (χ2v) is 6.34. The van der Waals surface area contributed by atoms with Gasteiger partial charge in [-0.25, -0.2) is 0 Å². The summed E-state index contributed by atoms with van der Waals surface area (Å²) in [5.41, 5.74) is 0. The fourth-order valence-electron chi connectivity index (χ4n) is 1.24. The molecule has 0 bridgehead atoms. The normalized spacial score (nSPS) is 13.1. The van der Waals surface area contributed by atoms with E-state index in [2.05, 4.69) is 26.5 Å². The van der Waals surface area contributed by atoms with Gasteiger partial charge in [0, 0.05) is 15.7 Å². The Hall–Kier alpha value is 0.500. The molecule has 0 spiro atoms. The topological polar surface area (TPSA) is 0 Å². The molecule has 1 aromatic carbocycles. The highest BCUT2D eigenvalue weighted by Crippen LogP contribution is 2.32. The standard InChI is InChI=1S/C12H16Cl2S2/c1-8(2)9(6-15)7-16-12-5-10(13)3-4-11(12)14/h3-5,8-9,15H,6-7H2,1-2H3. The van der Waals surface area contributed by atoms with Crippen LogP contribution in [0.3, 0.4) is 0 Å². The summed E-state index contributed by atoms with van der Waals surface area (Å²) in [5.74, 6) is 3.18. The molecule has 1 rings (SSSR count). The molecule has 4 heteroatoms. The lowest BCUT2D eigenvalue weighted by molar-refractivity contribution is 0.473. The lowest BCUT2D eigenvalue weighted by Crippen LogP contribution is -2.13. The first-order valence-electron chi connectivity index (χ1n) is 5.23. The van der Waals surface area contributed by atoms with Crippen LogP contribution in [-0.2, 0) is 0 Å². The van der Waals surface area contributed by atoms with Gasteiger partial charge in [-0.05, 0) is 35.8 Å². The van der Waals surface area contributed by atoms with Gasteiger partial charge in [0.15, 0.2) is 0 Å². The molecule has 0 amide bonds. The molecule has 1 unspecified atom stereocenters. The Bertz CT molecular complexity index is 340. The summed E-state index contributed by atoms with van der Waals surface area (Å²) in [7, 11) is 0. The number of thiol groups is 1. The molecule has 0 saturated carbocycles. The van der Waals surface area contributed by atoms with Crippen LogP contribution < -0.4 is 0 Å². The number of thioether (sulfide) groups is 1. The van der Waals surface area contributed by atoms with Gasteiger partial charge in [0.05, 0.1) is 5.02 Å². The van der Waals surface area contributed by atoms with Crippen molar-refractivity contribution in [2.24, 2.45) is 11.8 Å². The smallest absolute Gasteiger partial charge is 0.0542 e. The maximum Gasteiger partial charge on any atom is 0.0542 e. The maximum atomic E-state index is 6.10. The molecule has 0 fully saturated rings. The van der Waals surface area contributed by atoms with Gasteiger partial charge in [-0.2, -0.15) is 12.6 Å². The number of rotatable bonds is 5. The maximum absolute atomic E-state index is 6.10. The molecule has 1 atom stereocenters. The van der Waals surface area contributed by atoms with E-state index < -0.39 is 0 Å². The molecular weight excluding hydrogens is 279 g/mol. The number of halogens is 2. The van der Waals surface area contributed by atoms with Crippen molar-refractivity contribution in [3.05, 3.63) is 28.2 Å². The Morgan fingerprint density at radius 3 is 2.56 bits per heavy atom. The first kappa shape index (κ1) is 14.6. The second-order valence-electron chi connectivity index (χ2n) is 4.07. The van der Waals surface area contributed by atoms with Crippen molar-refractivity contribution in [1.29, 1.82) is 0 Å². The van der Waals surface area contributed by atoms with E-state index in [-0.39, 0.29) is 0 Å². The number of hydrogen-bond donors (Lipinski definition) is 1. The first-order valence-corrected chi connectivity index (χ1v) is 7.60. The first-order chi connectivity index (χ1) is 7.54. The van der Waals surface area contributed by atoms with E-state index in [1.54, 1.807) is 11.8 Å². The van der Waals surface area contributed by atoms with E-state index in [9.17, 15) is 0 Å². The van der Waals surface area contributed by atoms with Crippen molar-refractivity contribution >= 4 is 47.6 Å². The molecule has 0 saturated heterocycles. The molecule has 0 aliphatic carbocycles.